The number of aliphatic hydroxyl groups is 1. The van der Waals surface area contributed by atoms with Crippen molar-refractivity contribution in [1.82, 2.24) is 9.97 Å². The molecule has 1 fully saturated rings. The molecule has 0 aromatic carbocycles. The molecule has 4 heterocycles. The number of H-pyrrole nitrogens is 1. The number of thiophene rings is 1. The maximum Gasteiger partial charge on any atom is 0.279 e. The third-order valence-corrected chi connectivity index (χ3v) is 6.59. The van der Waals surface area contributed by atoms with Gasteiger partial charge in [0.25, 0.3) is 5.82 Å². The third-order valence-electron chi connectivity index (χ3n) is 5.49. The van der Waals surface area contributed by atoms with Gasteiger partial charge in [-0.05, 0) is 31.7 Å². The number of ether oxygens (including phenoxy) is 1. The van der Waals surface area contributed by atoms with E-state index in [1.54, 1.807) is 17.7 Å². The van der Waals surface area contributed by atoms with Gasteiger partial charge in [-0.25, -0.2) is 15.0 Å². The number of aromatic nitrogens is 3. The van der Waals surface area contributed by atoms with Crippen LogP contribution in [0, 0.1) is 0 Å². The number of aryl methyl sites for hydroxylation is 1. The van der Waals surface area contributed by atoms with Gasteiger partial charge in [-0.3, -0.25) is 4.90 Å². The molecule has 1 saturated heterocycles. The van der Waals surface area contributed by atoms with Crippen LogP contribution < -0.4 is 15.2 Å². The normalized spacial score (nSPS) is 18.2. The van der Waals surface area contributed by atoms with E-state index in [0.717, 1.165) is 60.0 Å². The predicted octanol–water partition coefficient (Wildman–Crippen LogP) is 1.78. The standard InChI is InChI=1S/C19H23N5O2S/c1-11(9-25)22-17-16-15(20-10-21-17)14-12-3-2-4-13(12)18(23-19(14)27-16)24-5-7-26-8-6-24/h10-11,25H,2-9H2,1H3,(H,20,21,22)/p+1/t11-/m0/s1. The Balaban J connectivity index is 1.71. The average molecular weight is 387 g/mol. The number of anilines is 2. The Morgan fingerprint density at radius 3 is 2.93 bits per heavy atom. The van der Waals surface area contributed by atoms with Crippen molar-refractivity contribution in [1.29, 1.82) is 0 Å². The van der Waals surface area contributed by atoms with E-state index in [1.165, 1.54) is 28.8 Å². The monoisotopic (exact) mass is 386 g/mol. The number of aromatic amines is 1. The van der Waals surface area contributed by atoms with Crippen LogP contribution in [0.25, 0.3) is 20.4 Å². The molecule has 27 heavy (non-hydrogen) atoms. The number of hydrogen-bond acceptors (Lipinski definition) is 7. The Labute approximate surface area is 161 Å². The van der Waals surface area contributed by atoms with E-state index in [0.29, 0.717) is 0 Å². The first-order chi connectivity index (χ1) is 13.3. The highest BCUT2D eigenvalue weighted by Crippen LogP contribution is 2.41. The summed E-state index contributed by atoms with van der Waals surface area (Å²) < 4.78 is 6.59. The van der Waals surface area contributed by atoms with Gasteiger partial charge in [0.2, 0.25) is 0 Å². The van der Waals surface area contributed by atoms with E-state index in [9.17, 15) is 5.11 Å². The van der Waals surface area contributed by atoms with Gasteiger partial charge in [0.1, 0.15) is 29.9 Å². The number of morpholine rings is 1. The lowest BCUT2D eigenvalue weighted by Crippen LogP contribution is -2.40. The van der Waals surface area contributed by atoms with Gasteiger partial charge in [0, 0.05) is 11.6 Å². The Morgan fingerprint density at radius 2 is 2.11 bits per heavy atom. The minimum absolute atomic E-state index is 0.0492. The lowest BCUT2D eigenvalue weighted by atomic mass is 10.1. The first-order valence-corrected chi connectivity index (χ1v) is 10.4. The quantitative estimate of drug-likeness (QED) is 0.711. The number of rotatable bonds is 4. The number of fused-ring (bicyclic) bond motifs is 5. The number of hydrogen-bond donors (Lipinski definition) is 2. The molecular formula is C19H24N5O2S+. The minimum Gasteiger partial charge on any atom is -0.394 e. The van der Waals surface area contributed by atoms with Crippen molar-refractivity contribution in [3.8, 4) is 0 Å². The topological polar surface area (TPSA) is 84.7 Å². The zero-order valence-electron chi connectivity index (χ0n) is 15.4. The Hall–Kier alpha value is -2.03. The van der Waals surface area contributed by atoms with E-state index < -0.39 is 0 Å². The summed E-state index contributed by atoms with van der Waals surface area (Å²) in [5.41, 5.74) is 3.90. The molecule has 0 unspecified atom stereocenters. The fourth-order valence-corrected chi connectivity index (χ4v) is 5.31. The molecule has 7 nitrogen and oxygen atoms in total. The second-order valence-corrected chi connectivity index (χ2v) is 8.34. The summed E-state index contributed by atoms with van der Waals surface area (Å²) in [5.74, 6) is 2.06. The van der Waals surface area contributed by atoms with Gasteiger partial charge < -0.3 is 15.2 Å². The van der Waals surface area contributed by atoms with Crippen LogP contribution in [0.2, 0.25) is 0 Å². The minimum atomic E-state index is -0.0492. The van der Waals surface area contributed by atoms with Crippen LogP contribution >= 0.6 is 11.3 Å². The highest BCUT2D eigenvalue weighted by atomic mass is 32.1. The first kappa shape index (κ1) is 17.1. The Morgan fingerprint density at radius 1 is 1.30 bits per heavy atom. The molecule has 142 valence electrons. The third kappa shape index (κ3) is 2.83. The lowest BCUT2D eigenvalue weighted by molar-refractivity contribution is -0.328. The fourth-order valence-electron chi connectivity index (χ4n) is 4.18. The molecule has 1 aliphatic carbocycles. The van der Waals surface area contributed by atoms with Gasteiger partial charge in [-0.15, -0.1) is 0 Å². The summed E-state index contributed by atoms with van der Waals surface area (Å²) in [6.45, 7) is 5.44. The lowest BCUT2D eigenvalue weighted by Gasteiger charge is -2.23. The van der Waals surface area contributed by atoms with E-state index in [-0.39, 0.29) is 12.6 Å². The van der Waals surface area contributed by atoms with Crippen LogP contribution in [0.3, 0.4) is 0 Å². The second-order valence-electron chi connectivity index (χ2n) is 7.32. The van der Waals surface area contributed by atoms with Crippen LogP contribution in [-0.2, 0) is 17.6 Å². The molecule has 2 aliphatic rings. The van der Waals surface area contributed by atoms with Gasteiger partial charge >= 0.3 is 0 Å². The summed E-state index contributed by atoms with van der Waals surface area (Å²) in [6.07, 6.45) is 5.03. The molecule has 3 aromatic rings. The molecule has 3 aromatic heterocycles. The number of aliphatic hydroxyl groups excluding tert-OH is 1. The van der Waals surface area contributed by atoms with Gasteiger partial charge in [-0.2, -0.15) is 0 Å². The van der Waals surface area contributed by atoms with E-state index in [2.05, 4.69) is 25.2 Å². The zero-order chi connectivity index (χ0) is 18.4. The van der Waals surface area contributed by atoms with E-state index >= 15 is 0 Å². The van der Waals surface area contributed by atoms with E-state index in [4.69, 9.17) is 4.74 Å². The fraction of sp³-hybridized carbons (Fsp3) is 0.526. The highest BCUT2D eigenvalue weighted by Gasteiger charge is 2.31. The Kier molecular flexibility index (Phi) is 4.34. The SMILES string of the molecule is C[C@@H](CO)Nc1ncnc2c1sc1[nH+]c(N3CCOCC3)c3c(c12)CCC3. The van der Waals surface area contributed by atoms with Crippen LogP contribution in [0.4, 0.5) is 11.6 Å². The van der Waals surface area contributed by atoms with Gasteiger partial charge in [0.15, 0.2) is 4.83 Å². The molecular weight excluding hydrogens is 362 g/mol. The van der Waals surface area contributed by atoms with E-state index in [1.807, 2.05) is 6.92 Å². The maximum absolute atomic E-state index is 9.39. The summed E-state index contributed by atoms with van der Waals surface area (Å²) in [6, 6.07) is -0.0492. The summed E-state index contributed by atoms with van der Waals surface area (Å²) in [4.78, 5) is 16.4. The van der Waals surface area contributed by atoms with Crippen molar-refractivity contribution >= 4 is 43.4 Å². The average Bonchev–Trinajstić information content (AvgIpc) is 3.32. The molecule has 1 atom stereocenters. The summed E-state index contributed by atoms with van der Waals surface area (Å²) in [5, 5.41) is 14.0. The van der Waals surface area contributed by atoms with Crippen molar-refractivity contribution < 1.29 is 14.8 Å². The molecule has 5 rings (SSSR count). The van der Waals surface area contributed by atoms with Gasteiger partial charge in [-0.1, -0.05) is 11.3 Å². The smallest absolute Gasteiger partial charge is 0.279 e. The predicted molar refractivity (Wildman–Crippen MR) is 107 cm³/mol. The molecule has 8 heteroatoms. The number of pyridine rings is 1. The van der Waals surface area contributed by atoms with Crippen molar-refractivity contribution in [3.05, 3.63) is 17.5 Å². The first-order valence-electron chi connectivity index (χ1n) is 9.60. The van der Waals surface area contributed by atoms with Crippen molar-refractivity contribution in [2.24, 2.45) is 0 Å². The van der Waals surface area contributed by atoms with Crippen LogP contribution in [-0.4, -0.2) is 54.0 Å². The molecule has 0 saturated carbocycles. The highest BCUT2D eigenvalue weighted by molar-refractivity contribution is 7.25. The Bertz CT molecular complexity index is 999. The molecule has 0 amide bonds. The van der Waals surface area contributed by atoms with Crippen LogP contribution in [0.15, 0.2) is 6.33 Å². The maximum atomic E-state index is 9.39. The largest absolute Gasteiger partial charge is 0.394 e. The molecule has 0 spiro atoms. The zero-order valence-corrected chi connectivity index (χ0v) is 16.2. The molecule has 3 N–H and O–H groups in total. The summed E-state index contributed by atoms with van der Waals surface area (Å²) in [7, 11) is 0. The summed E-state index contributed by atoms with van der Waals surface area (Å²) >= 11 is 1.70. The van der Waals surface area contributed by atoms with Crippen molar-refractivity contribution in [2.45, 2.75) is 32.2 Å². The van der Waals surface area contributed by atoms with Gasteiger partial charge in [0.05, 0.1) is 30.7 Å². The van der Waals surface area contributed by atoms with Crippen molar-refractivity contribution in [2.75, 3.05) is 43.1 Å². The number of nitrogens with one attached hydrogen (secondary N) is 2. The number of nitrogens with zero attached hydrogens (tertiary/aromatic N) is 3. The van der Waals surface area contributed by atoms with Crippen LogP contribution in [0.1, 0.15) is 24.5 Å². The second kappa shape index (κ2) is 6.85. The molecule has 1 aliphatic heterocycles. The molecule has 0 radical (unpaired) electrons. The molecule has 0 bridgehead atoms. The van der Waals surface area contributed by atoms with Crippen LogP contribution in [0.5, 0.6) is 0 Å². The van der Waals surface area contributed by atoms with Crippen molar-refractivity contribution in [3.63, 3.8) is 0 Å².